The lowest BCUT2D eigenvalue weighted by Gasteiger charge is -2.29. The molecule has 32 heavy (non-hydrogen) atoms. The van der Waals surface area contributed by atoms with Crippen LogP contribution in [0.2, 0.25) is 0 Å². The van der Waals surface area contributed by atoms with Crippen molar-refractivity contribution in [2.45, 2.75) is 24.4 Å². The summed E-state index contributed by atoms with van der Waals surface area (Å²) in [6.45, 7) is 0.803. The maximum Gasteiger partial charge on any atom is 0.227 e. The molecule has 1 aromatic heterocycles. The third-order valence-corrected chi connectivity index (χ3v) is 6.63. The standard InChI is InChI=1S/C27H25N3OS/c31-24(30-18-9-15-20-10-7-8-16-23(20)30)17-19-32-27-28-25(21-11-3-1-4-12-21)26(29-27)22-13-5-2-6-14-22/h1-8,10-14,16H,9,15,17-19H2,(H,28,29). The third-order valence-electron chi connectivity index (χ3n) is 5.76. The highest BCUT2D eigenvalue weighted by atomic mass is 32.2. The number of fused-ring (bicyclic) bond motifs is 1. The van der Waals surface area contributed by atoms with Crippen LogP contribution >= 0.6 is 11.8 Å². The van der Waals surface area contributed by atoms with Crippen LogP contribution in [0.1, 0.15) is 18.4 Å². The second-order valence-corrected chi connectivity index (χ2v) is 8.96. The second-order valence-electron chi connectivity index (χ2n) is 7.87. The normalized spacial score (nSPS) is 13.1. The molecule has 0 atom stereocenters. The molecular formula is C27H25N3OS. The largest absolute Gasteiger partial charge is 0.332 e. The van der Waals surface area contributed by atoms with Gasteiger partial charge in [-0.3, -0.25) is 4.79 Å². The van der Waals surface area contributed by atoms with Gasteiger partial charge in [-0.05, 0) is 24.5 Å². The molecular weight excluding hydrogens is 414 g/mol. The number of rotatable bonds is 6. The summed E-state index contributed by atoms with van der Waals surface area (Å²) in [6.07, 6.45) is 2.56. The highest BCUT2D eigenvalue weighted by molar-refractivity contribution is 7.99. The van der Waals surface area contributed by atoms with Crippen molar-refractivity contribution in [2.24, 2.45) is 0 Å². The number of amides is 1. The number of anilines is 1. The van der Waals surface area contributed by atoms with E-state index >= 15 is 0 Å². The zero-order valence-electron chi connectivity index (χ0n) is 17.8. The number of para-hydroxylation sites is 1. The fourth-order valence-corrected chi connectivity index (χ4v) is 5.00. The number of hydrogen-bond donors (Lipinski definition) is 1. The van der Waals surface area contributed by atoms with Gasteiger partial charge in [0.15, 0.2) is 5.16 Å². The average Bonchev–Trinajstić information content (AvgIpc) is 3.29. The molecule has 0 saturated carbocycles. The predicted octanol–water partition coefficient (Wildman–Crippen LogP) is 6.21. The third kappa shape index (κ3) is 4.34. The molecule has 0 unspecified atom stereocenters. The van der Waals surface area contributed by atoms with Crippen LogP contribution in [0, 0.1) is 0 Å². The van der Waals surface area contributed by atoms with E-state index in [1.54, 1.807) is 11.8 Å². The Morgan fingerprint density at radius 1 is 0.906 bits per heavy atom. The number of carbonyl (C=O) groups excluding carboxylic acids is 1. The fraction of sp³-hybridized carbons (Fsp3) is 0.185. The summed E-state index contributed by atoms with van der Waals surface area (Å²) in [5, 5.41) is 0.842. The molecule has 2 heterocycles. The summed E-state index contributed by atoms with van der Waals surface area (Å²) in [7, 11) is 0. The topological polar surface area (TPSA) is 49.0 Å². The maximum absolute atomic E-state index is 12.9. The fourth-order valence-electron chi connectivity index (χ4n) is 4.20. The first-order valence-corrected chi connectivity index (χ1v) is 12.0. The molecule has 160 valence electrons. The molecule has 5 rings (SSSR count). The second kappa shape index (κ2) is 9.45. The van der Waals surface area contributed by atoms with Crippen LogP contribution in [-0.2, 0) is 11.2 Å². The number of carbonyl (C=O) groups is 1. The number of nitrogens with zero attached hydrogens (tertiary/aromatic N) is 2. The summed E-state index contributed by atoms with van der Waals surface area (Å²) in [6, 6.07) is 28.7. The Balaban J connectivity index is 1.31. The first-order valence-electron chi connectivity index (χ1n) is 11.0. The van der Waals surface area contributed by atoms with E-state index in [4.69, 9.17) is 4.98 Å². The van der Waals surface area contributed by atoms with E-state index in [1.165, 1.54) is 5.56 Å². The number of thioether (sulfide) groups is 1. The van der Waals surface area contributed by atoms with Crippen LogP contribution in [0.25, 0.3) is 22.5 Å². The molecule has 0 saturated heterocycles. The first-order chi connectivity index (χ1) is 15.8. The van der Waals surface area contributed by atoms with Crippen LogP contribution in [0.4, 0.5) is 5.69 Å². The molecule has 0 fully saturated rings. The number of aryl methyl sites for hydroxylation is 1. The average molecular weight is 440 g/mol. The van der Waals surface area contributed by atoms with Gasteiger partial charge in [-0.15, -0.1) is 0 Å². The van der Waals surface area contributed by atoms with Crippen LogP contribution < -0.4 is 4.90 Å². The Morgan fingerprint density at radius 2 is 1.59 bits per heavy atom. The van der Waals surface area contributed by atoms with Crippen molar-refractivity contribution >= 4 is 23.4 Å². The van der Waals surface area contributed by atoms with Gasteiger partial charge in [-0.1, -0.05) is 90.6 Å². The van der Waals surface area contributed by atoms with Crippen molar-refractivity contribution in [1.82, 2.24) is 9.97 Å². The van der Waals surface area contributed by atoms with Gasteiger partial charge in [0.25, 0.3) is 0 Å². The van der Waals surface area contributed by atoms with Crippen LogP contribution in [0.15, 0.2) is 90.1 Å². The van der Waals surface area contributed by atoms with Crippen molar-refractivity contribution in [3.63, 3.8) is 0 Å². The van der Waals surface area contributed by atoms with Gasteiger partial charge in [0.1, 0.15) is 0 Å². The predicted molar refractivity (Wildman–Crippen MR) is 132 cm³/mol. The van der Waals surface area contributed by atoms with Crippen LogP contribution in [0.3, 0.4) is 0 Å². The lowest BCUT2D eigenvalue weighted by atomic mass is 10.0. The Hall–Kier alpha value is -3.31. The highest BCUT2D eigenvalue weighted by Gasteiger charge is 2.22. The zero-order chi connectivity index (χ0) is 21.8. The van der Waals surface area contributed by atoms with E-state index in [0.717, 1.165) is 52.7 Å². The number of H-pyrrole nitrogens is 1. The maximum atomic E-state index is 12.9. The highest BCUT2D eigenvalue weighted by Crippen LogP contribution is 2.33. The number of nitrogens with one attached hydrogen (secondary N) is 1. The quantitative estimate of drug-likeness (QED) is 0.364. The molecule has 0 radical (unpaired) electrons. The van der Waals surface area contributed by atoms with Crippen molar-refractivity contribution in [2.75, 3.05) is 17.2 Å². The molecule has 0 spiro atoms. The molecule has 1 aliphatic rings. The molecule has 4 nitrogen and oxygen atoms in total. The number of benzene rings is 3. The van der Waals surface area contributed by atoms with Crippen LogP contribution in [-0.4, -0.2) is 28.2 Å². The molecule has 1 amide bonds. The summed E-state index contributed by atoms with van der Waals surface area (Å²) in [5.74, 6) is 0.871. The van der Waals surface area contributed by atoms with E-state index < -0.39 is 0 Å². The summed E-state index contributed by atoms with van der Waals surface area (Å²) in [4.78, 5) is 23.3. The smallest absolute Gasteiger partial charge is 0.227 e. The number of imidazole rings is 1. The Morgan fingerprint density at radius 3 is 2.38 bits per heavy atom. The summed E-state index contributed by atoms with van der Waals surface area (Å²) in [5.41, 5.74) is 6.48. The zero-order valence-corrected chi connectivity index (χ0v) is 18.6. The van der Waals surface area contributed by atoms with Gasteiger partial charge < -0.3 is 9.88 Å². The van der Waals surface area contributed by atoms with Gasteiger partial charge in [0.2, 0.25) is 5.91 Å². The van der Waals surface area contributed by atoms with Crippen molar-refractivity contribution in [3.05, 3.63) is 90.5 Å². The molecule has 1 N–H and O–H groups in total. The van der Waals surface area contributed by atoms with E-state index in [1.807, 2.05) is 53.4 Å². The van der Waals surface area contributed by atoms with E-state index in [9.17, 15) is 4.79 Å². The molecule has 1 aliphatic heterocycles. The van der Waals surface area contributed by atoms with E-state index in [-0.39, 0.29) is 5.91 Å². The van der Waals surface area contributed by atoms with Crippen molar-refractivity contribution in [3.8, 4) is 22.5 Å². The number of hydrogen-bond acceptors (Lipinski definition) is 3. The lowest BCUT2D eigenvalue weighted by molar-refractivity contribution is -0.118. The van der Waals surface area contributed by atoms with E-state index in [0.29, 0.717) is 12.2 Å². The molecule has 5 heteroatoms. The molecule has 3 aromatic carbocycles. The van der Waals surface area contributed by atoms with Crippen LogP contribution in [0.5, 0.6) is 0 Å². The first kappa shape index (κ1) is 20.6. The Labute approximate surface area is 192 Å². The Bertz CT molecular complexity index is 1150. The van der Waals surface area contributed by atoms with Gasteiger partial charge in [-0.2, -0.15) is 0 Å². The minimum atomic E-state index is 0.183. The molecule has 4 aromatic rings. The number of aromatic amines is 1. The van der Waals surface area contributed by atoms with Gasteiger partial charge >= 0.3 is 0 Å². The minimum absolute atomic E-state index is 0.183. The van der Waals surface area contributed by atoms with Gasteiger partial charge in [0, 0.05) is 35.5 Å². The monoisotopic (exact) mass is 439 g/mol. The minimum Gasteiger partial charge on any atom is -0.332 e. The summed E-state index contributed by atoms with van der Waals surface area (Å²) >= 11 is 1.60. The molecule has 0 aliphatic carbocycles. The SMILES string of the molecule is O=C(CCSc1nc(-c2ccccc2)c(-c2ccccc2)[nH]1)N1CCCc2ccccc21. The van der Waals surface area contributed by atoms with Crippen molar-refractivity contribution < 1.29 is 4.79 Å². The molecule has 0 bridgehead atoms. The number of aromatic nitrogens is 2. The van der Waals surface area contributed by atoms with Gasteiger partial charge in [-0.25, -0.2) is 4.98 Å². The Kier molecular flexibility index (Phi) is 6.08. The lowest BCUT2D eigenvalue weighted by Crippen LogP contribution is -2.35. The van der Waals surface area contributed by atoms with Crippen molar-refractivity contribution in [1.29, 1.82) is 0 Å². The van der Waals surface area contributed by atoms with E-state index in [2.05, 4.69) is 41.4 Å². The summed E-state index contributed by atoms with van der Waals surface area (Å²) < 4.78 is 0. The van der Waals surface area contributed by atoms with Gasteiger partial charge in [0.05, 0.1) is 11.4 Å².